The summed E-state index contributed by atoms with van der Waals surface area (Å²) >= 11 is 0. The monoisotopic (exact) mass is 440 g/mol. The van der Waals surface area contributed by atoms with Crippen molar-refractivity contribution in [1.29, 1.82) is 0 Å². The first-order chi connectivity index (χ1) is 15.9. The third-order valence-corrected chi connectivity index (χ3v) is 6.07. The number of rotatable bonds is 8. The molecule has 1 heterocycles. The summed E-state index contributed by atoms with van der Waals surface area (Å²) in [5.74, 6) is -0.124. The molecular formula is C28H32N4O. The van der Waals surface area contributed by atoms with Gasteiger partial charge in [-0.05, 0) is 95.0 Å². The Bertz CT molecular complexity index is 1260. The Kier molecular flexibility index (Phi) is 6.80. The molecule has 170 valence electrons. The zero-order valence-electron chi connectivity index (χ0n) is 19.9. The molecule has 1 amide bonds. The van der Waals surface area contributed by atoms with Gasteiger partial charge in [-0.25, -0.2) is 0 Å². The van der Waals surface area contributed by atoms with E-state index >= 15 is 0 Å². The number of aryl methyl sites for hydroxylation is 2. The average Bonchev–Trinajstić information content (AvgIpc) is 3.04. The molecule has 0 bridgehead atoms. The topological polar surface area (TPSA) is 49.3 Å². The zero-order valence-corrected chi connectivity index (χ0v) is 19.9. The largest absolute Gasteiger partial charge is 0.355 e. The van der Waals surface area contributed by atoms with Gasteiger partial charge in [0.1, 0.15) is 0 Å². The van der Waals surface area contributed by atoms with Gasteiger partial charge in [-0.3, -0.25) is 4.79 Å². The number of amides is 1. The first-order valence-electron chi connectivity index (χ1n) is 11.4. The van der Waals surface area contributed by atoms with E-state index in [0.29, 0.717) is 5.56 Å². The Hall–Kier alpha value is -3.57. The number of nitrogens with one attached hydrogen (secondary N) is 2. The third kappa shape index (κ3) is 5.26. The molecule has 0 aliphatic heterocycles. The number of aromatic nitrogens is 1. The standard InChI is InChI=1S/C28H32N4O/c1-20-21(2)32(17-9-16-31(3)4)27-15-14-25(19-26(20)27)29-24-13-8-10-22(18-24)28(33)30-23-11-6-5-7-12-23/h5-8,10-15,18-19,29H,9,16-17H2,1-4H3,(H,30,33). The molecule has 0 aliphatic rings. The molecule has 0 spiro atoms. The van der Waals surface area contributed by atoms with Crippen molar-refractivity contribution >= 4 is 33.9 Å². The molecule has 2 N–H and O–H groups in total. The molecule has 4 rings (SSSR count). The van der Waals surface area contributed by atoms with E-state index in [1.165, 1.54) is 22.2 Å². The molecule has 33 heavy (non-hydrogen) atoms. The Labute approximate surface area is 196 Å². The lowest BCUT2D eigenvalue weighted by molar-refractivity contribution is 0.102. The van der Waals surface area contributed by atoms with Gasteiger partial charge in [0.25, 0.3) is 5.91 Å². The lowest BCUT2D eigenvalue weighted by Crippen LogP contribution is -2.15. The van der Waals surface area contributed by atoms with E-state index in [9.17, 15) is 4.79 Å². The Morgan fingerprint density at radius 3 is 2.36 bits per heavy atom. The summed E-state index contributed by atoms with van der Waals surface area (Å²) in [6.07, 6.45) is 1.12. The highest BCUT2D eigenvalue weighted by Crippen LogP contribution is 2.29. The number of nitrogens with zero attached hydrogens (tertiary/aromatic N) is 2. The number of para-hydroxylation sites is 1. The van der Waals surface area contributed by atoms with Gasteiger partial charge in [0, 0.05) is 45.8 Å². The normalized spacial score (nSPS) is 11.2. The fourth-order valence-electron chi connectivity index (χ4n) is 4.19. The minimum absolute atomic E-state index is 0.124. The van der Waals surface area contributed by atoms with Crippen LogP contribution in [0.1, 0.15) is 28.0 Å². The summed E-state index contributed by atoms with van der Waals surface area (Å²) in [4.78, 5) is 14.9. The fourth-order valence-corrected chi connectivity index (χ4v) is 4.19. The van der Waals surface area contributed by atoms with Gasteiger partial charge in [0.2, 0.25) is 0 Å². The highest BCUT2D eigenvalue weighted by atomic mass is 16.1. The third-order valence-electron chi connectivity index (χ3n) is 6.07. The molecular weight excluding hydrogens is 408 g/mol. The van der Waals surface area contributed by atoms with Crippen LogP contribution in [0.25, 0.3) is 10.9 Å². The SMILES string of the molecule is Cc1c(C)n(CCCN(C)C)c2ccc(Nc3cccc(C(=O)Nc4ccccc4)c3)cc12. The summed E-state index contributed by atoms with van der Waals surface area (Å²) in [7, 11) is 4.23. The van der Waals surface area contributed by atoms with Crippen molar-refractivity contribution in [3.63, 3.8) is 0 Å². The van der Waals surface area contributed by atoms with Crippen molar-refractivity contribution in [2.24, 2.45) is 0 Å². The quantitative estimate of drug-likeness (QED) is 0.343. The average molecular weight is 441 g/mol. The highest BCUT2D eigenvalue weighted by molar-refractivity contribution is 6.04. The summed E-state index contributed by atoms with van der Waals surface area (Å²) in [6, 6.07) is 23.6. The zero-order chi connectivity index (χ0) is 23.4. The Morgan fingerprint density at radius 2 is 1.61 bits per heavy atom. The summed E-state index contributed by atoms with van der Waals surface area (Å²) in [5, 5.41) is 7.68. The van der Waals surface area contributed by atoms with Crippen LogP contribution in [-0.4, -0.2) is 36.0 Å². The second-order valence-corrected chi connectivity index (χ2v) is 8.78. The van der Waals surface area contributed by atoms with Gasteiger partial charge >= 0.3 is 0 Å². The number of hydrogen-bond donors (Lipinski definition) is 2. The summed E-state index contributed by atoms with van der Waals surface area (Å²) in [6.45, 7) is 6.48. The highest BCUT2D eigenvalue weighted by Gasteiger charge is 2.12. The smallest absolute Gasteiger partial charge is 0.255 e. The van der Waals surface area contributed by atoms with Crippen molar-refractivity contribution in [3.8, 4) is 0 Å². The van der Waals surface area contributed by atoms with E-state index in [-0.39, 0.29) is 5.91 Å². The molecule has 5 heteroatoms. The maximum Gasteiger partial charge on any atom is 0.255 e. The van der Waals surface area contributed by atoms with E-state index < -0.39 is 0 Å². The van der Waals surface area contributed by atoms with Crippen LogP contribution >= 0.6 is 0 Å². The number of fused-ring (bicyclic) bond motifs is 1. The second-order valence-electron chi connectivity index (χ2n) is 8.78. The molecule has 0 atom stereocenters. The maximum absolute atomic E-state index is 12.7. The Morgan fingerprint density at radius 1 is 0.879 bits per heavy atom. The molecule has 0 aliphatic carbocycles. The minimum Gasteiger partial charge on any atom is -0.355 e. The van der Waals surface area contributed by atoms with Gasteiger partial charge in [-0.2, -0.15) is 0 Å². The van der Waals surface area contributed by atoms with Crippen molar-refractivity contribution in [1.82, 2.24) is 9.47 Å². The summed E-state index contributed by atoms with van der Waals surface area (Å²) in [5.41, 5.74) is 7.20. The number of carbonyl (C=O) groups excluding carboxylic acids is 1. The molecule has 3 aromatic carbocycles. The van der Waals surface area contributed by atoms with Crippen LogP contribution in [0.4, 0.5) is 17.1 Å². The predicted octanol–water partition coefficient (Wildman–Crippen LogP) is 6.21. The van der Waals surface area contributed by atoms with Crippen LogP contribution in [-0.2, 0) is 6.54 Å². The van der Waals surface area contributed by atoms with Gasteiger partial charge in [-0.1, -0.05) is 24.3 Å². The summed E-state index contributed by atoms with van der Waals surface area (Å²) < 4.78 is 2.42. The van der Waals surface area contributed by atoms with Crippen molar-refractivity contribution < 1.29 is 4.79 Å². The van der Waals surface area contributed by atoms with Crippen molar-refractivity contribution in [2.75, 3.05) is 31.3 Å². The number of carbonyl (C=O) groups is 1. The lowest BCUT2D eigenvalue weighted by Gasteiger charge is -2.13. The van der Waals surface area contributed by atoms with Crippen LogP contribution in [0, 0.1) is 13.8 Å². The van der Waals surface area contributed by atoms with E-state index in [1.807, 2.05) is 54.6 Å². The van der Waals surface area contributed by atoms with Gasteiger partial charge < -0.3 is 20.1 Å². The van der Waals surface area contributed by atoms with E-state index in [2.05, 4.69) is 66.2 Å². The van der Waals surface area contributed by atoms with Gasteiger partial charge in [0.05, 0.1) is 0 Å². The van der Waals surface area contributed by atoms with E-state index in [0.717, 1.165) is 36.6 Å². The van der Waals surface area contributed by atoms with Crippen LogP contribution in [0.5, 0.6) is 0 Å². The van der Waals surface area contributed by atoms with E-state index in [4.69, 9.17) is 0 Å². The minimum atomic E-state index is -0.124. The first-order valence-corrected chi connectivity index (χ1v) is 11.4. The maximum atomic E-state index is 12.7. The Balaban J connectivity index is 1.52. The lowest BCUT2D eigenvalue weighted by atomic mass is 10.1. The molecule has 5 nitrogen and oxygen atoms in total. The van der Waals surface area contributed by atoms with Gasteiger partial charge in [0.15, 0.2) is 0 Å². The van der Waals surface area contributed by atoms with Crippen molar-refractivity contribution in [2.45, 2.75) is 26.8 Å². The molecule has 0 fully saturated rings. The fraction of sp³-hybridized carbons (Fsp3) is 0.250. The van der Waals surface area contributed by atoms with Crippen LogP contribution in [0.2, 0.25) is 0 Å². The van der Waals surface area contributed by atoms with Gasteiger partial charge in [-0.15, -0.1) is 0 Å². The molecule has 1 aromatic heterocycles. The number of benzene rings is 3. The number of anilines is 3. The molecule has 0 radical (unpaired) electrons. The molecule has 0 saturated carbocycles. The van der Waals surface area contributed by atoms with Crippen LogP contribution < -0.4 is 10.6 Å². The molecule has 0 unspecified atom stereocenters. The van der Waals surface area contributed by atoms with E-state index in [1.54, 1.807) is 0 Å². The van der Waals surface area contributed by atoms with Crippen LogP contribution in [0.3, 0.4) is 0 Å². The first kappa shape index (κ1) is 22.6. The predicted molar refractivity (Wildman–Crippen MR) is 139 cm³/mol. The second kappa shape index (κ2) is 9.92. The molecule has 0 saturated heterocycles. The van der Waals surface area contributed by atoms with Crippen molar-refractivity contribution in [3.05, 3.63) is 89.6 Å². The number of hydrogen-bond acceptors (Lipinski definition) is 3. The molecule has 4 aromatic rings. The van der Waals surface area contributed by atoms with Crippen LogP contribution in [0.15, 0.2) is 72.8 Å².